The zero-order valence-corrected chi connectivity index (χ0v) is 23.6. The average Bonchev–Trinajstić information content (AvgIpc) is 3.30. The molecule has 2 aromatic carbocycles. The topological polar surface area (TPSA) is 108 Å². The van der Waals surface area contributed by atoms with E-state index in [4.69, 9.17) is 4.74 Å². The van der Waals surface area contributed by atoms with Crippen LogP contribution in [0.25, 0.3) is 11.3 Å². The summed E-state index contributed by atoms with van der Waals surface area (Å²) in [6.07, 6.45) is 1.36. The number of hydrogen-bond donors (Lipinski definition) is 3. The van der Waals surface area contributed by atoms with Crippen molar-refractivity contribution in [3.8, 4) is 17.0 Å². The molecule has 0 aliphatic carbocycles. The van der Waals surface area contributed by atoms with E-state index in [9.17, 15) is 14.7 Å². The number of amides is 2. The van der Waals surface area contributed by atoms with Crippen molar-refractivity contribution in [2.24, 2.45) is 0 Å². The van der Waals surface area contributed by atoms with Gasteiger partial charge in [-0.15, -0.1) is 0 Å². The van der Waals surface area contributed by atoms with Crippen molar-refractivity contribution in [3.63, 3.8) is 0 Å². The van der Waals surface area contributed by atoms with Crippen LogP contribution in [0, 0.1) is 13.8 Å². The van der Waals surface area contributed by atoms with E-state index in [0.29, 0.717) is 5.82 Å². The predicted octanol–water partition coefficient (Wildman–Crippen LogP) is 5.83. The van der Waals surface area contributed by atoms with Crippen LogP contribution in [0.2, 0.25) is 0 Å². The molecule has 2 amide bonds. The Morgan fingerprint density at radius 1 is 1.08 bits per heavy atom. The van der Waals surface area contributed by atoms with E-state index < -0.39 is 17.7 Å². The third-order valence-corrected chi connectivity index (χ3v) is 6.38. The lowest BCUT2D eigenvalue weighted by molar-refractivity contribution is -0.137. The number of carbonyl (C=O) groups is 2. The number of imidazole rings is 1. The van der Waals surface area contributed by atoms with E-state index in [0.717, 1.165) is 27.9 Å². The molecule has 0 spiro atoms. The summed E-state index contributed by atoms with van der Waals surface area (Å²) in [6, 6.07) is 11.7. The number of ether oxygens (including phenoxy) is 1. The Labute approximate surface area is 225 Å². The second kappa shape index (κ2) is 11.7. The first-order valence-corrected chi connectivity index (χ1v) is 13.0. The third-order valence-electron chi connectivity index (χ3n) is 6.38. The molecular weight excluding hydrogens is 480 g/mol. The van der Waals surface area contributed by atoms with Crippen LogP contribution in [0.3, 0.4) is 0 Å². The van der Waals surface area contributed by atoms with Gasteiger partial charge in [-0.3, -0.25) is 4.79 Å². The fourth-order valence-electron chi connectivity index (χ4n) is 4.66. The van der Waals surface area contributed by atoms with Gasteiger partial charge in [-0.1, -0.05) is 30.3 Å². The molecule has 38 heavy (non-hydrogen) atoms. The predicted molar refractivity (Wildman–Crippen MR) is 149 cm³/mol. The van der Waals surface area contributed by atoms with Crippen molar-refractivity contribution in [3.05, 3.63) is 71.2 Å². The van der Waals surface area contributed by atoms with E-state index in [1.165, 1.54) is 0 Å². The summed E-state index contributed by atoms with van der Waals surface area (Å²) in [4.78, 5) is 36.6. The van der Waals surface area contributed by atoms with Gasteiger partial charge in [0.05, 0.1) is 17.9 Å². The zero-order chi connectivity index (χ0) is 28.2. The van der Waals surface area contributed by atoms with Gasteiger partial charge in [0.25, 0.3) is 0 Å². The summed E-state index contributed by atoms with van der Waals surface area (Å²) in [5.41, 5.74) is 3.72. The average molecular weight is 521 g/mol. The maximum atomic E-state index is 14.1. The summed E-state index contributed by atoms with van der Waals surface area (Å²) >= 11 is 0. The number of rotatable bonds is 8. The Bertz CT molecular complexity index is 1240. The minimum atomic E-state index is -0.889. The fourth-order valence-corrected chi connectivity index (χ4v) is 4.66. The molecule has 0 saturated heterocycles. The number of hydrogen-bond acceptors (Lipinski definition) is 5. The van der Waals surface area contributed by atoms with E-state index in [1.807, 2.05) is 65.0 Å². The maximum absolute atomic E-state index is 14.1. The van der Waals surface area contributed by atoms with Crippen LogP contribution >= 0.6 is 0 Å². The Balaban J connectivity index is 1.95. The summed E-state index contributed by atoms with van der Waals surface area (Å²) in [5.74, 6) is 0.568. The molecule has 1 aromatic heterocycles. The van der Waals surface area contributed by atoms with Crippen molar-refractivity contribution in [2.45, 2.75) is 85.5 Å². The highest BCUT2D eigenvalue weighted by Gasteiger charge is 2.34. The lowest BCUT2D eigenvalue weighted by Gasteiger charge is -2.35. The first-order chi connectivity index (χ1) is 17.8. The summed E-state index contributed by atoms with van der Waals surface area (Å²) in [5, 5.41) is 12.8. The molecule has 8 nitrogen and oxygen atoms in total. The normalized spacial score (nSPS) is 13.2. The number of benzene rings is 2. The highest BCUT2D eigenvalue weighted by molar-refractivity contribution is 5.86. The minimum absolute atomic E-state index is 0.163. The van der Waals surface area contributed by atoms with Crippen LogP contribution in [0.5, 0.6) is 5.75 Å². The Morgan fingerprint density at radius 3 is 2.24 bits per heavy atom. The van der Waals surface area contributed by atoms with Gasteiger partial charge in [0.1, 0.15) is 23.2 Å². The molecule has 1 heterocycles. The van der Waals surface area contributed by atoms with Gasteiger partial charge in [0.15, 0.2) is 0 Å². The van der Waals surface area contributed by atoms with Crippen LogP contribution in [0.15, 0.2) is 48.7 Å². The standard InChI is InChI=1S/C30H40N4O4/c1-18(2)34(21(5)27-31-17-26(32-27)22-12-10-9-11-13-22)28(36)25(33-29(37)38-30(6,7)8)16-24-19(3)14-23(35)15-20(24)4/h9-15,17-18,21,25,35H,16H2,1-8H3,(H,31,32)(H,33,37)/t21-,25-/m0/s1. The SMILES string of the molecule is Cc1cc(O)cc(C)c1C[C@H](NC(=O)OC(C)(C)C)C(=O)N(C(C)C)[C@@H](C)c1ncc(-c2ccccc2)[nH]1. The molecule has 3 rings (SSSR count). The lowest BCUT2D eigenvalue weighted by atomic mass is 9.95. The number of aromatic amines is 1. The van der Waals surface area contributed by atoms with Crippen LogP contribution in [0.1, 0.15) is 70.1 Å². The van der Waals surface area contributed by atoms with Gasteiger partial charge in [0, 0.05) is 12.5 Å². The first-order valence-electron chi connectivity index (χ1n) is 13.0. The summed E-state index contributed by atoms with van der Waals surface area (Å²) in [6.45, 7) is 14.9. The molecule has 204 valence electrons. The Morgan fingerprint density at radius 2 is 1.68 bits per heavy atom. The van der Waals surface area contributed by atoms with Gasteiger partial charge in [-0.25, -0.2) is 9.78 Å². The van der Waals surface area contributed by atoms with Gasteiger partial charge in [-0.2, -0.15) is 0 Å². The number of nitrogens with zero attached hydrogens (tertiary/aromatic N) is 2. The van der Waals surface area contributed by atoms with Gasteiger partial charge < -0.3 is 25.0 Å². The van der Waals surface area contributed by atoms with Crippen molar-refractivity contribution >= 4 is 12.0 Å². The maximum Gasteiger partial charge on any atom is 0.408 e. The molecule has 0 fully saturated rings. The van der Waals surface area contributed by atoms with Crippen molar-refractivity contribution in [1.82, 2.24) is 20.2 Å². The highest BCUT2D eigenvalue weighted by atomic mass is 16.6. The van der Waals surface area contributed by atoms with E-state index in [-0.39, 0.29) is 30.2 Å². The summed E-state index contributed by atoms with van der Waals surface area (Å²) < 4.78 is 5.49. The second-order valence-corrected chi connectivity index (χ2v) is 11.0. The molecule has 3 aromatic rings. The lowest BCUT2D eigenvalue weighted by Crippen LogP contribution is -2.53. The van der Waals surface area contributed by atoms with Gasteiger partial charge in [-0.05, 0) is 89.8 Å². The molecule has 0 radical (unpaired) electrons. The molecule has 0 aliphatic heterocycles. The van der Waals surface area contributed by atoms with Crippen molar-refractivity contribution in [1.29, 1.82) is 0 Å². The van der Waals surface area contributed by atoms with Crippen molar-refractivity contribution < 1.29 is 19.4 Å². The number of aromatic hydroxyl groups is 1. The number of phenols is 1. The molecule has 3 N–H and O–H groups in total. The van der Waals surface area contributed by atoms with Gasteiger partial charge in [0.2, 0.25) is 5.91 Å². The summed E-state index contributed by atoms with van der Waals surface area (Å²) in [7, 11) is 0. The molecular formula is C30H40N4O4. The number of aryl methyl sites for hydroxylation is 2. The smallest absolute Gasteiger partial charge is 0.408 e. The molecule has 0 aliphatic rings. The number of aromatic nitrogens is 2. The first kappa shape index (κ1) is 28.8. The van der Waals surface area contributed by atoms with E-state index in [1.54, 1.807) is 44.0 Å². The van der Waals surface area contributed by atoms with E-state index >= 15 is 0 Å². The zero-order valence-electron chi connectivity index (χ0n) is 23.6. The van der Waals surface area contributed by atoms with Crippen LogP contribution in [-0.2, 0) is 16.0 Å². The van der Waals surface area contributed by atoms with Crippen LogP contribution in [-0.4, -0.2) is 49.7 Å². The second-order valence-electron chi connectivity index (χ2n) is 11.0. The largest absolute Gasteiger partial charge is 0.508 e. The number of H-pyrrole nitrogens is 1. The minimum Gasteiger partial charge on any atom is -0.508 e. The fraction of sp³-hybridized carbons (Fsp3) is 0.433. The van der Waals surface area contributed by atoms with Crippen LogP contribution in [0.4, 0.5) is 4.79 Å². The number of carbonyl (C=O) groups excluding carboxylic acids is 2. The molecule has 0 saturated carbocycles. The molecule has 0 bridgehead atoms. The Kier molecular flexibility index (Phi) is 8.86. The quantitative estimate of drug-likeness (QED) is 0.346. The number of phenolic OH excluding ortho intramolecular Hbond substituents is 1. The third kappa shape index (κ3) is 7.15. The van der Waals surface area contributed by atoms with Gasteiger partial charge >= 0.3 is 6.09 Å². The van der Waals surface area contributed by atoms with Crippen LogP contribution < -0.4 is 5.32 Å². The number of nitrogens with one attached hydrogen (secondary N) is 2. The highest BCUT2D eigenvalue weighted by Crippen LogP contribution is 2.27. The molecule has 8 heteroatoms. The Hall–Kier alpha value is -3.81. The van der Waals surface area contributed by atoms with Crippen molar-refractivity contribution in [2.75, 3.05) is 0 Å². The molecule has 0 unspecified atom stereocenters. The van der Waals surface area contributed by atoms with E-state index in [2.05, 4.69) is 15.3 Å². The monoisotopic (exact) mass is 520 g/mol. The number of alkyl carbamates (subject to hydrolysis) is 1. The molecule has 2 atom stereocenters.